The van der Waals surface area contributed by atoms with Gasteiger partial charge in [0.15, 0.2) is 0 Å². The molecule has 0 saturated carbocycles. The fourth-order valence-electron chi connectivity index (χ4n) is 1.89. The summed E-state index contributed by atoms with van der Waals surface area (Å²) in [6.07, 6.45) is 1.74. The SMILES string of the molecule is CC(C)c1ccc(OC#N)c(-c2ccccc2)c1. The molecule has 0 spiro atoms. The Morgan fingerprint density at radius 3 is 2.39 bits per heavy atom. The molecule has 2 nitrogen and oxygen atoms in total. The van der Waals surface area contributed by atoms with Crippen molar-refractivity contribution < 1.29 is 4.74 Å². The van der Waals surface area contributed by atoms with E-state index >= 15 is 0 Å². The van der Waals surface area contributed by atoms with Gasteiger partial charge in [-0.15, -0.1) is 5.26 Å². The fraction of sp³-hybridized carbons (Fsp3) is 0.188. The topological polar surface area (TPSA) is 33.0 Å². The van der Waals surface area contributed by atoms with E-state index in [0.717, 1.165) is 11.1 Å². The second-order valence-electron chi connectivity index (χ2n) is 4.47. The van der Waals surface area contributed by atoms with Crippen LogP contribution < -0.4 is 4.74 Å². The molecular weight excluding hydrogens is 222 g/mol. The van der Waals surface area contributed by atoms with Gasteiger partial charge in [0.05, 0.1) is 0 Å². The zero-order chi connectivity index (χ0) is 13.0. The van der Waals surface area contributed by atoms with Crippen molar-refractivity contribution in [2.75, 3.05) is 0 Å². The van der Waals surface area contributed by atoms with E-state index in [2.05, 4.69) is 19.9 Å². The van der Waals surface area contributed by atoms with Crippen molar-refractivity contribution in [1.29, 1.82) is 5.26 Å². The average Bonchev–Trinajstić information content (AvgIpc) is 2.40. The van der Waals surface area contributed by atoms with Crippen LogP contribution in [0.5, 0.6) is 5.75 Å². The fourth-order valence-corrected chi connectivity index (χ4v) is 1.89. The number of hydrogen-bond donors (Lipinski definition) is 0. The van der Waals surface area contributed by atoms with Gasteiger partial charge in [0.2, 0.25) is 0 Å². The van der Waals surface area contributed by atoms with E-state index in [9.17, 15) is 0 Å². The van der Waals surface area contributed by atoms with E-state index in [0.29, 0.717) is 11.7 Å². The maximum atomic E-state index is 8.70. The number of benzene rings is 2. The zero-order valence-electron chi connectivity index (χ0n) is 10.6. The lowest BCUT2D eigenvalue weighted by Gasteiger charge is -2.11. The highest BCUT2D eigenvalue weighted by molar-refractivity contribution is 5.71. The molecule has 2 aromatic carbocycles. The van der Waals surface area contributed by atoms with Gasteiger partial charge in [-0.25, -0.2) is 0 Å². The van der Waals surface area contributed by atoms with Gasteiger partial charge >= 0.3 is 0 Å². The molecule has 18 heavy (non-hydrogen) atoms. The van der Waals surface area contributed by atoms with Crippen LogP contribution in [0.25, 0.3) is 11.1 Å². The summed E-state index contributed by atoms with van der Waals surface area (Å²) in [4.78, 5) is 0. The lowest BCUT2D eigenvalue weighted by atomic mass is 9.96. The molecule has 0 N–H and O–H groups in total. The largest absolute Gasteiger partial charge is 0.387 e. The lowest BCUT2D eigenvalue weighted by molar-refractivity contribution is 0.508. The second kappa shape index (κ2) is 5.37. The molecule has 0 unspecified atom stereocenters. The first-order valence-corrected chi connectivity index (χ1v) is 5.97. The Morgan fingerprint density at radius 1 is 1.06 bits per heavy atom. The molecule has 0 aromatic heterocycles. The van der Waals surface area contributed by atoms with Gasteiger partial charge in [0.1, 0.15) is 5.75 Å². The molecule has 0 atom stereocenters. The van der Waals surface area contributed by atoms with Crippen LogP contribution >= 0.6 is 0 Å². The molecule has 0 radical (unpaired) electrons. The highest BCUT2D eigenvalue weighted by Crippen LogP contribution is 2.32. The summed E-state index contributed by atoms with van der Waals surface area (Å²) in [6, 6.07) is 15.9. The summed E-state index contributed by atoms with van der Waals surface area (Å²) in [5.41, 5.74) is 3.26. The van der Waals surface area contributed by atoms with Crippen molar-refractivity contribution >= 4 is 0 Å². The maximum Gasteiger partial charge on any atom is 0.292 e. The van der Waals surface area contributed by atoms with Crippen LogP contribution in [-0.4, -0.2) is 0 Å². The van der Waals surface area contributed by atoms with E-state index in [4.69, 9.17) is 10.00 Å². The molecule has 0 amide bonds. The summed E-state index contributed by atoms with van der Waals surface area (Å²) in [5.74, 6) is 1.05. The van der Waals surface area contributed by atoms with Gasteiger partial charge in [0.25, 0.3) is 6.26 Å². The third-order valence-electron chi connectivity index (χ3n) is 2.91. The van der Waals surface area contributed by atoms with Crippen LogP contribution in [0.2, 0.25) is 0 Å². The molecule has 2 aromatic rings. The lowest BCUT2D eigenvalue weighted by Crippen LogP contribution is -1.92. The Bertz CT molecular complexity index is 567. The predicted molar refractivity (Wildman–Crippen MR) is 72.2 cm³/mol. The maximum absolute atomic E-state index is 8.70. The number of nitriles is 1. The van der Waals surface area contributed by atoms with Crippen LogP contribution in [0.15, 0.2) is 48.5 Å². The first-order valence-electron chi connectivity index (χ1n) is 5.97. The van der Waals surface area contributed by atoms with Crippen molar-refractivity contribution in [1.82, 2.24) is 0 Å². The Hall–Kier alpha value is -2.27. The third kappa shape index (κ3) is 2.52. The van der Waals surface area contributed by atoms with Crippen molar-refractivity contribution in [2.45, 2.75) is 19.8 Å². The van der Waals surface area contributed by atoms with E-state index in [1.807, 2.05) is 42.5 Å². The van der Waals surface area contributed by atoms with E-state index in [1.54, 1.807) is 6.26 Å². The predicted octanol–water partition coefficient (Wildman–Crippen LogP) is 4.34. The summed E-state index contributed by atoms with van der Waals surface area (Å²) in [6.45, 7) is 4.30. The third-order valence-corrected chi connectivity index (χ3v) is 2.91. The molecule has 0 saturated heterocycles. The summed E-state index contributed by atoms with van der Waals surface area (Å²) < 4.78 is 5.03. The molecule has 0 aliphatic carbocycles. The molecule has 2 heteroatoms. The monoisotopic (exact) mass is 237 g/mol. The van der Waals surface area contributed by atoms with Crippen LogP contribution in [-0.2, 0) is 0 Å². The highest BCUT2D eigenvalue weighted by atomic mass is 16.5. The highest BCUT2D eigenvalue weighted by Gasteiger charge is 2.09. The van der Waals surface area contributed by atoms with Gasteiger partial charge in [-0.1, -0.05) is 50.2 Å². The Kier molecular flexibility index (Phi) is 3.64. The number of ether oxygens (including phenoxy) is 1. The van der Waals surface area contributed by atoms with Gasteiger partial charge in [-0.3, -0.25) is 0 Å². The first-order chi connectivity index (χ1) is 8.72. The van der Waals surface area contributed by atoms with Crippen molar-refractivity contribution in [3.05, 3.63) is 54.1 Å². The average molecular weight is 237 g/mol. The molecule has 0 fully saturated rings. The molecule has 0 heterocycles. The Labute approximate surface area is 107 Å². The number of rotatable bonds is 3. The summed E-state index contributed by atoms with van der Waals surface area (Å²) >= 11 is 0. The van der Waals surface area contributed by atoms with E-state index < -0.39 is 0 Å². The van der Waals surface area contributed by atoms with Gasteiger partial charge in [-0.05, 0) is 29.2 Å². The quantitative estimate of drug-likeness (QED) is 0.744. The molecule has 0 aliphatic heterocycles. The normalized spacial score (nSPS) is 10.1. The first kappa shape index (κ1) is 12.2. The molecule has 2 rings (SSSR count). The zero-order valence-corrected chi connectivity index (χ0v) is 10.6. The molecule has 0 aliphatic rings. The van der Waals surface area contributed by atoms with Gasteiger partial charge < -0.3 is 4.74 Å². The molecule has 0 bridgehead atoms. The van der Waals surface area contributed by atoms with Crippen molar-refractivity contribution in [3.63, 3.8) is 0 Å². The minimum Gasteiger partial charge on any atom is -0.387 e. The minimum absolute atomic E-state index is 0.448. The number of nitrogens with zero attached hydrogens (tertiary/aromatic N) is 1. The summed E-state index contributed by atoms with van der Waals surface area (Å²) in [7, 11) is 0. The van der Waals surface area contributed by atoms with Crippen LogP contribution in [0.3, 0.4) is 0 Å². The minimum atomic E-state index is 0.448. The second-order valence-corrected chi connectivity index (χ2v) is 4.47. The Balaban J connectivity index is 2.55. The smallest absolute Gasteiger partial charge is 0.292 e. The van der Waals surface area contributed by atoms with E-state index in [1.165, 1.54) is 5.56 Å². The van der Waals surface area contributed by atoms with E-state index in [-0.39, 0.29) is 0 Å². The number of hydrogen-bond acceptors (Lipinski definition) is 2. The standard InChI is InChI=1S/C16H15NO/c1-12(2)14-8-9-16(18-11-17)15(10-14)13-6-4-3-5-7-13/h3-10,12H,1-2H3. The summed E-state index contributed by atoms with van der Waals surface area (Å²) in [5, 5.41) is 8.70. The van der Waals surface area contributed by atoms with Crippen molar-refractivity contribution in [3.8, 4) is 23.1 Å². The van der Waals surface area contributed by atoms with Crippen LogP contribution in [0.4, 0.5) is 0 Å². The van der Waals surface area contributed by atoms with Gasteiger partial charge in [-0.2, -0.15) is 0 Å². The Morgan fingerprint density at radius 2 is 1.78 bits per heavy atom. The van der Waals surface area contributed by atoms with Crippen LogP contribution in [0, 0.1) is 11.5 Å². The van der Waals surface area contributed by atoms with Crippen LogP contribution in [0.1, 0.15) is 25.3 Å². The molecular formula is C16H15NO. The van der Waals surface area contributed by atoms with Crippen molar-refractivity contribution in [2.24, 2.45) is 0 Å². The van der Waals surface area contributed by atoms with Gasteiger partial charge in [0, 0.05) is 5.56 Å². The molecule has 90 valence electrons.